The summed E-state index contributed by atoms with van der Waals surface area (Å²) in [6.07, 6.45) is 3.92. The van der Waals surface area contributed by atoms with Gasteiger partial charge in [0.1, 0.15) is 6.33 Å². The van der Waals surface area contributed by atoms with E-state index in [0.717, 1.165) is 41.1 Å². The summed E-state index contributed by atoms with van der Waals surface area (Å²) in [5, 5.41) is 18.6. The van der Waals surface area contributed by atoms with E-state index in [4.69, 9.17) is 9.51 Å². The van der Waals surface area contributed by atoms with E-state index in [1.165, 1.54) is 0 Å². The molecule has 0 bridgehead atoms. The zero-order chi connectivity index (χ0) is 18.7. The van der Waals surface area contributed by atoms with Gasteiger partial charge >= 0.3 is 0 Å². The van der Waals surface area contributed by atoms with Crippen LogP contribution in [0.15, 0.2) is 35.1 Å². The minimum Gasteiger partial charge on any atom is -0.626 e. The standard InChI is InChI=1S/C19H18N6O2S/c26-25(7-9-28-10-8-25)18-13-3-1-2-4-14(13)24-11-20-15(17(24)22-18)19-21-16(23-27-19)12-5-6-12/h1-4,11-12H,5-10H2. The van der Waals surface area contributed by atoms with Gasteiger partial charge in [-0.2, -0.15) is 21.7 Å². The number of imidazole rings is 1. The highest BCUT2D eigenvalue weighted by atomic mass is 32.2. The summed E-state index contributed by atoms with van der Waals surface area (Å²) in [6, 6.07) is 7.87. The third-order valence-corrected chi connectivity index (χ3v) is 6.47. The third kappa shape index (κ3) is 2.47. The number of benzene rings is 1. The van der Waals surface area contributed by atoms with Gasteiger partial charge in [0.2, 0.25) is 5.82 Å². The summed E-state index contributed by atoms with van der Waals surface area (Å²) in [4.78, 5) is 13.9. The first-order chi connectivity index (χ1) is 13.7. The van der Waals surface area contributed by atoms with E-state index in [9.17, 15) is 5.21 Å². The molecule has 6 rings (SSSR count). The monoisotopic (exact) mass is 394 g/mol. The molecule has 0 spiro atoms. The number of hydroxylamine groups is 2. The van der Waals surface area contributed by atoms with E-state index in [-0.39, 0.29) is 0 Å². The Morgan fingerprint density at radius 2 is 1.96 bits per heavy atom. The lowest BCUT2D eigenvalue weighted by Crippen LogP contribution is -2.50. The summed E-state index contributed by atoms with van der Waals surface area (Å²) in [5.74, 6) is 3.72. The molecule has 1 saturated heterocycles. The summed E-state index contributed by atoms with van der Waals surface area (Å²) >= 11 is 1.82. The summed E-state index contributed by atoms with van der Waals surface area (Å²) in [6.45, 7) is 1.04. The number of aromatic nitrogens is 5. The van der Waals surface area contributed by atoms with Crippen LogP contribution in [0.1, 0.15) is 24.6 Å². The van der Waals surface area contributed by atoms with Crippen LogP contribution in [0.3, 0.4) is 0 Å². The van der Waals surface area contributed by atoms with Gasteiger partial charge in [0.25, 0.3) is 5.89 Å². The molecule has 4 aromatic rings. The predicted octanol–water partition coefficient (Wildman–Crippen LogP) is 3.36. The van der Waals surface area contributed by atoms with Crippen LogP contribution in [-0.4, -0.2) is 49.1 Å². The van der Waals surface area contributed by atoms with Crippen LogP contribution in [0.2, 0.25) is 0 Å². The molecule has 0 N–H and O–H groups in total. The minimum absolute atomic E-state index is 0.366. The maximum absolute atomic E-state index is 13.6. The van der Waals surface area contributed by atoms with Gasteiger partial charge < -0.3 is 14.4 Å². The van der Waals surface area contributed by atoms with E-state index in [2.05, 4.69) is 15.1 Å². The van der Waals surface area contributed by atoms with Crippen molar-refractivity contribution in [3.63, 3.8) is 0 Å². The van der Waals surface area contributed by atoms with Crippen molar-refractivity contribution in [3.05, 3.63) is 41.6 Å². The largest absolute Gasteiger partial charge is 0.626 e. The van der Waals surface area contributed by atoms with Gasteiger partial charge in [-0.1, -0.05) is 17.3 Å². The number of fused-ring (bicyclic) bond motifs is 3. The van der Waals surface area contributed by atoms with Gasteiger partial charge in [-0.3, -0.25) is 4.40 Å². The molecule has 3 aromatic heterocycles. The second-order valence-corrected chi connectivity index (χ2v) is 8.64. The fourth-order valence-corrected chi connectivity index (χ4v) is 4.86. The van der Waals surface area contributed by atoms with Crippen LogP contribution in [0.5, 0.6) is 0 Å². The molecular weight excluding hydrogens is 376 g/mol. The first-order valence-corrected chi connectivity index (χ1v) is 10.6. The van der Waals surface area contributed by atoms with E-state index in [1.807, 2.05) is 40.4 Å². The maximum Gasteiger partial charge on any atom is 0.280 e. The molecule has 1 aliphatic heterocycles. The number of nitrogens with zero attached hydrogens (tertiary/aromatic N) is 6. The number of hydrogen-bond donors (Lipinski definition) is 0. The molecule has 0 radical (unpaired) electrons. The number of hydrogen-bond acceptors (Lipinski definition) is 7. The lowest BCUT2D eigenvalue weighted by molar-refractivity contribution is 0.401. The Morgan fingerprint density at radius 3 is 2.79 bits per heavy atom. The van der Waals surface area contributed by atoms with E-state index >= 15 is 0 Å². The number of rotatable bonds is 3. The molecule has 28 heavy (non-hydrogen) atoms. The Bertz CT molecular complexity index is 1190. The van der Waals surface area contributed by atoms with E-state index < -0.39 is 4.65 Å². The predicted molar refractivity (Wildman–Crippen MR) is 108 cm³/mol. The first-order valence-electron chi connectivity index (χ1n) is 9.49. The van der Waals surface area contributed by atoms with E-state index in [1.54, 1.807) is 6.33 Å². The van der Waals surface area contributed by atoms with E-state index in [0.29, 0.717) is 42.1 Å². The van der Waals surface area contributed by atoms with Crippen molar-refractivity contribution in [1.29, 1.82) is 0 Å². The van der Waals surface area contributed by atoms with Crippen molar-refractivity contribution < 1.29 is 4.52 Å². The molecule has 1 aromatic carbocycles. The molecule has 2 fully saturated rings. The smallest absolute Gasteiger partial charge is 0.280 e. The van der Waals surface area contributed by atoms with Crippen molar-refractivity contribution in [3.8, 4) is 11.6 Å². The molecule has 8 nitrogen and oxygen atoms in total. The Hall–Kier alpha value is -2.49. The van der Waals surface area contributed by atoms with Crippen LogP contribution in [0.25, 0.3) is 28.1 Å². The zero-order valence-electron chi connectivity index (χ0n) is 15.1. The first kappa shape index (κ1) is 16.5. The highest BCUT2D eigenvalue weighted by Crippen LogP contribution is 2.39. The summed E-state index contributed by atoms with van der Waals surface area (Å²) < 4.78 is 6.97. The number of thioether (sulfide) groups is 1. The topological polar surface area (TPSA) is 92.2 Å². The van der Waals surface area contributed by atoms with Gasteiger partial charge in [-0.05, 0) is 25.0 Å². The highest BCUT2D eigenvalue weighted by Gasteiger charge is 2.32. The molecule has 2 aliphatic rings. The number of para-hydroxylation sites is 1. The fraction of sp³-hybridized carbons (Fsp3) is 0.368. The molecule has 0 amide bonds. The average Bonchev–Trinajstić information content (AvgIpc) is 3.30. The normalized spacial score (nSPS) is 19.5. The molecule has 1 saturated carbocycles. The molecule has 0 atom stereocenters. The van der Waals surface area contributed by atoms with Gasteiger partial charge in [0.15, 0.2) is 17.2 Å². The van der Waals surface area contributed by atoms with Gasteiger partial charge in [0.05, 0.1) is 24.0 Å². The van der Waals surface area contributed by atoms with Gasteiger partial charge in [-0.25, -0.2) is 4.98 Å². The zero-order valence-corrected chi connectivity index (χ0v) is 15.9. The van der Waals surface area contributed by atoms with Crippen molar-refractivity contribution >= 4 is 34.1 Å². The average molecular weight is 394 g/mol. The Balaban J connectivity index is 1.59. The number of quaternary nitrogens is 1. The minimum atomic E-state index is -0.411. The van der Waals surface area contributed by atoms with Crippen LogP contribution in [0.4, 0.5) is 5.82 Å². The lowest BCUT2D eigenvalue weighted by atomic mass is 10.2. The molecule has 4 heterocycles. The van der Waals surface area contributed by atoms with Crippen molar-refractivity contribution in [1.82, 2.24) is 29.2 Å². The van der Waals surface area contributed by atoms with Crippen LogP contribution in [0, 0.1) is 5.21 Å². The Morgan fingerprint density at radius 1 is 1.14 bits per heavy atom. The quantitative estimate of drug-likeness (QED) is 0.388. The van der Waals surface area contributed by atoms with Gasteiger partial charge in [0, 0.05) is 17.4 Å². The molecule has 9 heteroatoms. The second-order valence-electron chi connectivity index (χ2n) is 7.42. The SMILES string of the molecule is [O-][N+]1(c2nc3c(-c4nc(C5CC5)no4)ncn3c3ccccc23)CCSCC1. The van der Waals surface area contributed by atoms with Gasteiger partial charge in [-0.15, -0.1) is 0 Å². The Labute approximate surface area is 164 Å². The Kier molecular flexibility index (Phi) is 3.53. The molecule has 142 valence electrons. The van der Waals surface area contributed by atoms with Crippen molar-refractivity contribution in [2.24, 2.45) is 0 Å². The highest BCUT2D eigenvalue weighted by molar-refractivity contribution is 7.99. The van der Waals surface area contributed by atoms with Crippen LogP contribution >= 0.6 is 11.8 Å². The molecule has 0 unspecified atom stereocenters. The second kappa shape index (κ2) is 6.00. The van der Waals surface area contributed by atoms with Crippen LogP contribution in [-0.2, 0) is 0 Å². The molecule has 1 aliphatic carbocycles. The fourth-order valence-electron chi connectivity index (χ4n) is 3.81. The maximum atomic E-state index is 13.6. The summed E-state index contributed by atoms with van der Waals surface area (Å²) in [5.41, 5.74) is 2.03. The van der Waals surface area contributed by atoms with Crippen molar-refractivity contribution in [2.75, 3.05) is 24.6 Å². The third-order valence-electron chi connectivity index (χ3n) is 5.53. The summed E-state index contributed by atoms with van der Waals surface area (Å²) in [7, 11) is 0. The van der Waals surface area contributed by atoms with Crippen LogP contribution < -0.4 is 4.65 Å². The van der Waals surface area contributed by atoms with Crippen molar-refractivity contribution in [2.45, 2.75) is 18.8 Å². The lowest BCUT2D eigenvalue weighted by Gasteiger charge is -2.43. The molecular formula is C19H18N6O2S.